The molecule has 158 valence electrons. The first kappa shape index (κ1) is 20.3. The molecule has 2 heterocycles. The summed E-state index contributed by atoms with van der Waals surface area (Å²) in [6.45, 7) is 1.53. The van der Waals surface area contributed by atoms with Gasteiger partial charge in [0.15, 0.2) is 11.6 Å². The molecule has 2 aliphatic heterocycles. The summed E-state index contributed by atoms with van der Waals surface area (Å²) >= 11 is 0. The second-order valence-electron chi connectivity index (χ2n) is 7.63. The SMILES string of the molecule is CN(CC1Cc2ccccc2CO1)C(=O)CN1CCN(c2ccc(F)c(F)c2)C1=O. The number of hydrogen-bond acceptors (Lipinski definition) is 3. The Hall–Kier alpha value is -3.00. The van der Waals surface area contributed by atoms with Crippen LogP contribution in [0.2, 0.25) is 0 Å². The first-order chi connectivity index (χ1) is 14.4. The van der Waals surface area contributed by atoms with Gasteiger partial charge in [-0.15, -0.1) is 0 Å². The van der Waals surface area contributed by atoms with E-state index in [0.717, 1.165) is 18.6 Å². The lowest BCUT2D eigenvalue weighted by Crippen LogP contribution is -2.44. The maximum Gasteiger partial charge on any atom is 0.325 e. The fourth-order valence-electron chi connectivity index (χ4n) is 3.84. The quantitative estimate of drug-likeness (QED) is 0.755. The number of benzene rings is 2. The molecule has 4 rings (SSSR count). The predicted molar refractivity (Wildman–Crippen MR) is 107 cm³/mol. The van der Waals surface area contributed by atoms with Gasteiger partial charge in [-0.2, -0.15) is 0 Å². The van der Waals surface area contributed by atoms with Crippen LogP contribution >= 0.6 is 0 Å². The second kappa shape index (κ2) is 8.39. The molecule has 2 aromatic rings. The van der Waals surface area contributed by atoms with Gasteiger partial charge in [-0.05, 0) is 23.3 Å². The molecule has 2 aromatic carbocycles. The van der Waals surface area contributed by atoms with Crippen LogP contribution in [0.15, 0.2) is 42.5 Å². The van der Waals surface area contributed by atoms with Gasteiger partial charge in [-0.1, -0.05) is 24.3 Å². The Morgan fingerprint density at radius 1 is 1.13 bits per heavy atom. The fourth-order valence-corrected chi connectivity index (χ4v) is 3.84. The highest BCUT2D eigenvalue weighted by Gasteiger charge is 2.32. The lowest BCUT2D eigenvalue weighted by Gasteiger charge is -2.29. The van der Waals surface area contributed by atoms with Gasteiger partial charge in [0, 0.05) is 44.9 Å². The zero-order valence-corrected chi connectivity index (χ0v) is 16.7. The third kappa shape index (κ3) is 4.14. The Bertz CT molecular complexity index is 968. The van der Waals surface area contributed by atoms with Crippen LogP contribution in [0.25, 0.3) is 0 Å². The standard InChI is InChI=1S/C22H23F2N3O3/c1-25(12-18-10-15-4-2-3-5-16(15)14-30-18)21(28)13-26-8-9-27(22(26)29)17-6-7-19(23)20(24)11-17/h2-7,11,18H,8-10,12-14H2,1H3. The smallest absolute Gasteiger partial charge is 0.325 e. The summed E-state index contributed by atoms with van der Waals surface area (Å²) in [7, 11) is 1.69. The fraction of sp³-hybridized carbons (Fsp3) is 0.364. The van der Waals surface area contributed by atoms with E-state index >= 15 is 0 Å². The number of carbonyl (C=O) groups is 2. The van der Waals surface area contributed by atoms with Crippen molar-refractivity contribution in [1.29, 1.82) is 0 Å². The van der Waals surface area contributed by atoms with Gasteiger partial charge in [0.05, 0.1) is 12.7 Å². The van der Waals surface area contributed by atoms with Gasteiger partial charge in [-0.3, -0.25) is 9.69 Å². The Balaban J connectivity index is 1.32. The van der Waals surface area contributed by atoms with E-state index in [2.05, 4.69) is 6.07 Å². The maximum atomic E-state index is 13.5. The second-order valence-corrected chi connectivity index (χ2v) is 7.63. The van der Waals surface area contributed by atoms with Crippen LogP contribution in [-0.4, -0.2) is 61.1 Å². The van der Waals surface area contributed by atoms with Gasteiger partial charge in [-0.25, -0.2) is 13.6 Å². The van der Waals surface area contributed by atoms with E-state index in [1.165, 1.54) is 27.0 Å². The lowest BCUT2D eigenvalue weighted by atomic mass is 9.99. The highest BCUT2D eigenvalue weighted by molar-refractivity contribution is 5.96. The van der Waals surface area contributed by atoms with Gasteiger partial charge in [0.25, 0.3) is 0 Å². The minimum absolute atomic E-state index is 0.0706. The van der Waals surface area contributed by atoms with Crippen LogP contribution in [0.1, 0.15) is 11.1 Å². The summed E-state index contributed by atoms with van der Waals surface area (Å²) in [6.07, 6.45) is 0.641. The highest BCUT2D eigenvalue weighted by atomic mass is 19.2. The minimum Gasteiger partial charge on any atom is -0.371 e. The number of urea groups is 1. The number of fused-ring (bicyclic) bond motifs is 1. The Morgan fingerprint density at radius 3 is 2.67 bits per heavy atom. The molecule has 8 heteroatoms. The monoisotopic (exact) mass is 415 g/mol. The predicted octanol–water partition coefficient (Wildman–Crippen LogP) is 2.81. The van der Waals surface area contributed by atoms with Crippen LogP contribution in [-0.2, 0) is 22.6 Å². The van der Waals surface area contributed by atoms with Crippen molar-refractivity contribution in [2.24, 2.45) is 0 Å². The third-order valence-corrected chi connectivity index (χ3v) is 5.58. The topological polar surface area (TPSA) is 53.1 Å². The minimum atomic E-state index is -1.01. The molecule has 1 unspecified atom stereocenters. The molecule has 1 atom stereocenters. The number of amides is 3. The summed E-state index contributed by atoms with van der Waals surface area (Å²) in [4.78, 5) is 29.6. The number of anilines is 1. The Kier molecular flexibility index (Phi) is 5.67. The molecule has 0 bridgehead atoms. The Morgan fingerprint density at radius 2 is 1.90 bits per heavy atom. The Labute approximate surface area is 173 Å². The molecular weight excluding hydrogens is 392 g/mol. The number of likely N-dealkylation sites (N-methyl/N-ethyl adjacent to an activating group) is 1. The summed E-state index contributed by atoms with van der Waals surface area (Å²) in [5, 5.41) is 0. The van der Waals surface area contributed by atoms with Crippen LogP contribution in [0.5, 0.6) is 0 Å². The maximum absolute atomic E-state index is 13.5. The van der Waals surface area contributed by atoms with E-state index in [0.29, 0.717) is 26.2 Å². The van der Waals surface area contributed by atoms with Gasteiger partial charge < -0.3 is 14.5 Å². The molecule has 3 amide bonds. The molecule has 1 saturated heterocycles. The summed E-state index contributed by atoms with van der Waals surface area (Å²) in [6, 6.07) is 11.0. The zero-order chi connectivity index (χ0) is 21.3. The van der Waals surface area contributed by atoms with Gasteiger partial charge in [0.2, 0.25) is 5.91 Å². The molecule has 0 N–H and O–H groups in total. The molecule has 1 fully saturated rings. The summed E-state index contributed by atoms with van der Waals surface area (Å²) < 4.78 is 32.5. The molecule has 6 nitrogen and oxygen atoms in total. The van der Waals surface area contributed by atoms with Crippen LogP contribution in [0, 0.1) is 11.6 Å². The number of hydrogen-bond donors (Lipinski definition) is 0. The molecule has 0 aliphatic carbocycles. The van der Waals surface area contributed by atoms with E-state index in [1.807, 2.05) is 18.2 Å². The highest BCUT2D eigenvalue weighted by Crippen LogP contribution is 2.23. The number of ether oxygens (including phenoxy) is 1. The van der Waals surface area contributed by atoms with Crippen molar-refractivity contribution in [3.05, 3.63) is 65.2 Å². The zero-order valence-electron chi connectivity index (χ0n) is 16.7. The summed E-state index contributed by atoms with van der Waals surface area (Å²) in [5.74, 6) is -2.17. The number of halogens is 2. The van der Waals surface area contributed by atoms with E-state index < -0.39 is 17.7 Å². The first-order valence-corrected chi connectivity index (χ1v) is 9.86. The summed E-state index contributed by atoms with van der Waals surface area (Å²) in [5.41, 5.74) is 2.67. The van der Waals surface area contributed by atoms with E-state index in [1.54, 1.807) is 11.9 Å². The largest absolute Gasteiger partial charge is 0.371 e. The molecule has 0 spiro atoms. The number of nitrogens with zero attached hydrogens (tertiary/aromatic N) is 3. The van der Waals surface area contributed by atoms with Crippen LogP contribution in [0.3, 0.4) is 0 Å². The van der Waals surface area contributed by atoms with E-state index in [-0.39, 0.29) is 24.2 Å². The average molecular weight is 415 g/mol. The average Bonchev–Trinajstić information content (AvgIpc) is 3.10. The van der Waals surface area contributed by atoms with Crippen molar-refractivity contribution in [1.82, 2.24) is 9.80 Å². The van der Waals surface area contributed by atoms with Crippen LogP contribution in [0.4, 0.5) is 19.3 Å². The van der Waals surface area contributed by atoms with Crippen molar-refractivity contribution in [3.63, 3.8) is 0 Å². The molecule has 2 aliphatic rings. The van der Waals surface area contributed by atoms with Crippen molar-refractivity contribution in [2.75, 3.05) is 38.1 Å². The number of carbonyl (C=O) groups excluding carboxylic acids is 2. The van der Waals surface area contributed by atoms with Crippen molar-refractivity contribution in [3.8, 4) is 0 Å². The van der Waals surface area contributed by atoms with Crippen molar-refractivity contribution >= 4 is 17.6 Å². The van der Waals surface area contributed by atoms with Crippen molar-refractivity contribution in [2.45, 2.75) is 19.1 Å². The first-order valence-electron chi connectivity index (χ1n) is 9.86. The molecule has 30 heavy (non-hydrogen) atoms. The van der Waals surface area contributed by atoms with Crippen molar-refractivity contribution < 1.29 is 23.1 Å². The molecule has 0 aromatic heterocycles. The van der Waals surface area contributed by atoms with Gasteiger partial charge in [0.1, 0.15) is 6.54 Å². The normalized spacial score (nSPS) is 18.5. The van der Waals surface area contributed by atoms with E-state index in [4.69, 9.17) is 4.74 Å². The molecule has 0 saturated carbocycles. The van der Waals surface area contributed by atoms with Gasteiger partial charge >= 0.3 is 6.03 Å². The number of rotatable bonds is 5. The molecule has 0 radical (unpaired) electrons. The third-order valence-electron chi connectivity index (χ3n) is 5.58. The molecular formula is C22H23F2N3O3. The van der Waals surface area contributed by atoms with Crippen LogP contribution < -0.4 is 4.90 Å². The van der Waals surface area contributed by atoms with E-state index in [9.17, 15) is 18.4 Å². The lowest BCUT2D eigenvalue weighted by molar-refractivity contribution is -0.132.